The molecule has 0 aliphatic carbocycles. The molecule has 3 aromatic carbocycles. The number of hydrogen-bond donors (Lipinski definition) is 3. The largest absolute Gasteiger partial charge is 0.370 e. The van der Waals surface area contributed by atoms with Gasteiger partial charge in [0, 0.05) is 17.5 Å². The third-order valence-corrected chi connectivity index (χ3v) is 4.84. The van der Waals surface area contributed by atoms with Crippen molar-refractivity contribution in [3.8, 4) is 0 Å². The SMILES string of the molecule is NC(=O)[C@H](CCCN=C(N)N)N(C(=O)c1ccccc1)c1cccc2ccccc12. The molecule has 1 atom stereocenters. The number of amides is 2. The molecule has 30 heavy (non-hydrogen) atoms. The van der Waals surface area contributed by atoms with Crippen molar-refractivity contribution in [3.05, 3.63) is 78.4 Å². The molecule has 0 bridgehead atoms. The van der Waals surface area contributed by atoms with E-state index < -0.39 is 11.9 Å². The highest BCUT2D eigenvalue weighted by molar-refractivity contribution is 6.13. The molecule has 0 saturated heterocycles. The Morgan fingerprint density at radius 2 is 1.53 bits per heavy atom. The number of carbonyl (C=O) groups excluding carboxylic acids is 2. The topological polar surface area (TPSA) is 128 Å². The van der Waals surface area contributed by atoms with Crippen LogP contribution in [0.4, 0.5) is 5.69 Å². The van der Waals surface area contributed by atoms with Crippen molar-refractivity contribution in [2.45, 2.75) is 18.9 Å². The quantitative estimate of drug-likeness (QED) is 0.303. The number of carbonyl (C=O) groups is 2. The van der Waals surface area contributed by atoms with E-state index in [-0.39, 0.29) is 11.9 Å². The maximum Gasteiger partial charge on any atom is 0.259 e. The van der Waals surface area contributed by atoms with Crippen molar-refractivity contribution >= 4 is 34.2 Å². The van der Waals surface area contributed by atoms with Gasteiger partial charge in [-0.25, -0.2) is 0 Å². The summed E-state index contributed by atoms with van der Waals surface area (Å²) >= 11 is 0. The molecule has 0 unspecified atom stereocenters. The molecule has 3 aromatic rings. The zero-order chi connectivity index (χ0) is 21.5. The van der Waals surface area contributed by atoms with Crippen LogP contribution >= 0.6 is 0 Å². The minimum atomic E-state index is -0.849. The maximum atomic E-state index is 13.5. The molecule has 0 saturated carbocycles. The number of nitrogens with zero attached hydrogens (tertiary/aromatic N) is 2. The highest BCUT2D eigenvalue weighted by atomic mass is 16.2. The fraction of sp³-hybridized carbons (Fsp3) is 0.174. The van der Waals surface area contributed by atoms with Gasteiger partial charge in [0.25, 0.3) is 5.91 Å². The second kappa shape index (κ2) is 9.56. The van der Waals surface area contributed by atoms with Gasteiger partial charge in [0.05, 0.1) is 5.69 Å². The van der Waals surface area contributed by atoms with E-state index in [4.69, 9.17) is 17.2 Å². The molecule has 154 valence electrons. The minimum Gasteiger partial charge on any atom is -0.370 e. The molecule has 0 aliphatic heterocycles. The van der Waals surface area contributed by atoms with E-state index in [0.717, 1.165) is 10.8 Å². The summed E-state index contributed by atoms with van der Waals surface area (Å²) in [5.74, 6) is -0.897. The third-order valence-electron chi connectivity index (χ3n) is 4.84. The van der Waals surface area contributed by atoms with Gasteiger partial charge in [-0.3, -0.25) is 19.5 Å². The van der Waals surface area contributed by atoms with Gasteiger partial charge in [-0.1, -0.05) is 54.6 Å². The predicted octanol–water partition coefficient (Wildman–Crippen LogP) is 2.39. The van der Waals surface area contributed by atoms with E-state index in [0.29, 0.717) is 30.6 Å². The first-order chi connectivity index (χ1) is 14.5. The van der Waals surface area contributed by atoms with E-state index in [1.54, 1.807) is 24.3 Å². The number of anilines is 1. The number of primary amides is 1. The number of hydrogen-bond acceptors (Lipinski definition) is 3. The van der Waals surface area contributed by atoms with Crippen LogP contribution in [0.1, 0.15) is 23.2 Å². The Bertz CT molecular complexity index is 1060. The van der Waals surface area contributed by atoms with Gasteiger partial charge in [-0.15, -0.1) is 0 Å². The Kier molecular flexibility index (Phi) is 6.64. The van der Waals surface area contributed by atoms with Gasteiger partial charge < -0.3 is 17.2 Å². The van der Waals surface area contributed by atoms with Crippen LogP contribution < -0.4 is 22.1 Å². The van der Waals surface area contributed by atoms with Crippen molar-refractivity contribution in [2.75, 3.05) is 11.4 Å². The molecule has 0 heterocycles. The number of rotatable bonds is 8. The number of fused-ring (bicyclic) bond motifs is 1. The van der Waals surface area contributed by atoms with E-state index in [1.807, 2.05) is 48.5 Å². The first kappa shape index (κ1) is 20.9. The smallest absolute Gasteiger partial charge is 0.259 e. The summed E-state index contributed by atoms with van der Waals surface area (Å²) in [6.45, 7) is 0.342. The first-order valence-corrected chi connectivity index (χ1v) is 9.70. The molecule has 6 N–H and O–H groups in total. The van der Waals surface area contributed by atoms with Crippen LogP contribution in [0.25, 0.3) is 10.8 Å². The highest BCUT2D eigenvalue weighted by Crippen LogP contribution is 2.30. The molecule has 2 amide bonds. The van der Waals surface area contributed by atoms with E-state index in [2.05, 4.69) is 4.99 Å². The van der Waals surface area contributed by atoms with Gasteiger partial charge in [0.1, 0.15) is 6.04 Å². The van der Waals surface area contributed by atoms with Gasteiger partial charge in [0.15, 0.2) is 5.96 Å². The number of benzene rings is 3. The van der Waals surface area contributed by atoms with Crippen LogP contribution in [0.2, 0.25) is 0 Å². The van der Waals surface area contributed by atoms with E-state index in [1.165, 1.54) is 4.90 Å². The maximum absolute atomic E-state index is 13.5. The van der Waals surface area contributed by atoms with Crippen LogP contribution in [-0.4, -0.2) is 30.4 Å². The summed E-state index contributed by atoms with van der Waals surface area (Å²) in [7, 11) is 0. The van der Waals surface area contributed by atoms with Crippen LogP contribution in [-0.2, 0) is 4.79 Å². The zero-order valence-corrected chi connectivity index (χ0v) is 16.6. The van der Waals surface area contributed by atoms with Crippen LogP contribution in [0.15, 0.2) is 77.8 Å². The molecular weight excluding hydrogens is 378 g/mol. The van der Waals surface area contributed by atoms with Crippen molar-refractivity contribution < 1.29 is 9.59 Å². The normalized spacial score (nSPS) is 11.6. The molecule has 7 nitrogen and oxygen atoms in total. The summed E-state index contributed by atoms with van der Waals surface area (Å²) in [5, 5.41) is 1.82. The summed E-state index contributed by atoms with van der Waals surface area (Å²) in [6, 6.07) is 21.4. The van der Waals surface area contributed by atoms with Crippen LogP contribution in [0.5, 0.6) is 0 Å². The van der Waals surface area contributed by atoms with E-state index >= 15 is 0 Å². The molecular formula is C23H25N5O2. The Labute approximate surface area is 175 Å². The predicted molar refractivity (Wildman–Crippen MR) is 120 cm³/mol. The molecule has 0 aliphatic rings. The summed E-state index contributed by atoms with van der Waals surface area (Å²) in [5.41, 5.74) is 17.6. The molecule has 0 spiro atoms. The van der Waals surface area contributed by atoms with E-state index in [9.17, 15) is 9.59 Å². The molecule has 0 aromatic heterocycles. The lowest BCUT2D eigenvalue weighted by Crippen LogP contribution is -2.48. The van der Waals surface area contributed by atoms with Gasteiger partial charge in [0.2, 0.25) is 5.91 Å². The highest BCUT2D eigenvalue weighted by Gasteiger charge is 2.31. The number of aliphatic imine (C=N–C) groups is 1. The van der Waals surface area contributed by atoms with Crippen molar-refractivity contribution in [1.82, 2.24) is 0 Å². The van der Waals surface area contributed by atoms with Crippen molar-refractivity contribution in [3.63, 3.8) is 0 Å². The van der Waals surface area contributed by atoms with Crippen LogP contribution in [0, 0.1) is 0 Å². The number of nitrogens with two attached hydrogens (primary N) is 3. The summed E-state index contributed by atoms with van der Waals surface area (Å²) in [4.78, 5) is 31.4. The van der Waals surface area contributed by atoms with Gasteiger partial charge in [-0.2, -0.15) is 0 Å². The summed E-state index contributed by atoms with van der Waals surface area (Å²) in [6.07, 6.45) is 0.822. The lowest BCUT2D eigenvalue weighted by Gasteiger charge is -2.31. The fourth-order valence-electron chi connectivity index (χ4n) is 3.45. The molecule has 3 rings (SSSR count). The molecule has 7 heteroatoms. The molecule has 0 radical (unpaired) electrons. The minimum absolute atomic E-state index is 0.0168. The first-order valence-electron chi connectivity index (χ1n) is 9.70. The third kappa shape index (κ3) is 4.75. The summed E-state index contributed by atoms with van der Waals surface area (Å²) < 4.78 is 0. The van der Waals surface area contributed by atoms with Crippen LogP contribution in [0.3, 0.4) is 0 Å². The second-order valence-electron chi connectivity index (χ2n) is 6.91. The Hall–Kier alpha value is -3.87. The standard InChI is InChI=1S/C23H25N5O2/c24-21(29)20(14-7-15-27-23(25)26)28(22(30)17-9-2-1-3-10-17)19-13-6-11-16-8-4-5-12-18(16)19/h1-6,8-13,20H,7,14-15H2,(H2,24,29)(H4,25,26,27)/t20-/m0/s1. The Morgan fingerprint density at radius 1 is 0.867 bits per heavy atom. The zero-order valence-electron chi connectivity index (χ0n) is 16.6. The van der Waals surface area contributed by atoms with Gasteiger partial charge >= 0.3 is 0 Å². The second-order valence-corrected chi connectivity index (χ2v) is 6.91. The van der Waals surface area contributed by atoms with Crippen molar-refractivity contribution in [1.29, 1.82) is 0 Å². The monoisotopic (exact) mass is 403 g/mol. The molecule has 0 fully saturated rings. The van der Waals surface area contributed by atoms with Crippen molar-refractivity contribution in [2.24, 2.45) is 22.2 Å². The average Bonchev–Trinajstić information content (AvgIpc) is 2.75. The Morgan fingerprint density at radius 3 is 2.23 bits per heavy atom. The average molecular weight is 403 g/mol. The lowest BCUT2D eigenvalue weighted by molar-refractivity contribution is -0.119. The van der Waals surface area contributed by atoms with Gasteiger partial charge in [-0.05, 0) is 36.4 Å². The fourth-order valence-corrected chi connectivity index (χ4v) is 3.45. The lowest BCUT2D eigenvalue weighted by atomic mass is 10.0. The Balaban J connectivity index is 2.07. The number of guanidine groups is 1.